The van der Waals surface area contributed by atoms with E-state index < -0.39 is 0 Å². The Morgan fingerprint density at radius 3 is 0.651 bits per heavy atom. The van der Waals surface area contributed by atoms with Crippen molar-refractivity contribution in [3.05, 3.63) is 179 Å². The molecule has 6 aromatic carbocycles. The highest BCUT2D eigenvalue weighted by atomic mass is 14.5. The van der Waals surface area contributed by atoms with Gasteiger partial charge < -0.3 is 0 Å². The normalized spacial score (nSPS) is 13.2. The number of rotatable bonds is 4. The minimum absolute atomic E-state index is 0.0213. The summed E-state index contributed by atoms with van der Waals surface area (Å²) in [5.41, 5.74) is 17.3. The van der Waals surface area contributed by atoms with Crippen LogP contribution in [0.2, 0.25) is 0 Å². The minimum Gasteiger partial charge on any atom is -0.0683 e. The molecule has 342 valence electrons. The Hall–Kier alpha value is -4.68. The van der Waals surface area contributed by atoms with Gasteiger partial charge in [-0.15, -0.1) is 0 Å². The third-order valence-electron chi connectivity index (χ3n) is 11.8. The Labute approximate surface area is 390 Å². The zero-order valence-corrected chi connectivity index (χ0v) is 43.9. The van der Waals surface area contributed by atoms with Crippen LogP contribution >= 0.6 is 0 Å². The van der Waals surface area contributed by atoms with Crippen LogP contribution in [0.25, 0.3) is 33.4 Å². The minimum atomic E-state index is -0.0213. The molecule has 0 N–H and O–H groups in total. The highest BCUT2D eigenvalue weighted by Crippen LogP contribution is 2.59. The summed E-state index contributed by atoms with van der Waals surface area (Å²) in [5.74, 6) is 1.75. The molecular weight excluding hydrogens is 757 g/mol. The van der Waals surface area contributed by atoms with Crippen molar-refractivity contribution in [1.82, 2.24) is 0 Å². The molecule has 3 aliphatic carbocycles. The fourth-order valence-electron chi connectivity index (χ4n) is 9.79. The maximum Gasteiger partial charge on any atom is 0.0198 e. The van der Waals surface area contributed by atoms with Crippen LogP contribution in [-0.4, -0.2) is 0 Å². The number of fused-ring (bicyclic) bond motifs is 9. The van der Waals surface area contributed by atoms with E-state index in [0.29, 0.717) is 0 Å². The Balaban J connectivity index is 0.000000491. The van der Waals surface area contributed by atoms with Gasteiger partial charge in [-0.1, -0.05) is 284 Å². The van der Waals surface area contributed by atoms with E-state index in [1.807, 2.05) is 83.1 Å². The van der Waals surface area contributed by atoms with Gasteiger partial charge >= 0.3 is 0 Å². The first-order valence-electron chi connectivity index (χ1n) is 25.0. The second kappa shape index (κ2) is 27.5. The summed E-state index contributed by atoms with van der Waals surface area (Å²) in [4.78, 5) is 0. The average Bonchev–Trinajstić information content (AvgIpc) is 3.84. The lowest BCUT2D eigenvalue weighted by molar-refractivity contribution is 0.406. The molecule has 0 bridgehead atoms. The van der Waals surface area contributed by atoms with Gasteiger partial charge in [-0.05, 0) is 91.4 Å². The quantitative estimate of drug-likeness (QED) is 0.166. The van der Waals surface area contributed by atoms with E-state index in [4.69, 9.17) is 0 Å². The molecule has 0 nitrogen and oxygen atoms in total. The molecule has 9 rings (SSSR count). The average molecular weight is 847 g/mol. The van der Waals surface area contributed by atoms with Gasteiger partial charge in [0.05, 0.1) is 0 Å². The molecule has 0 radical (unpaired) electrons. The molecule has 0 aromatic heterocycles. The maximum absolute atomic E-state index is 2.45. The SMILES string of the molecule is CC.CC.CC.CC.CC.CC.CC(C)CC(C)C.CC1(C)c2ccccc2-c2ccccc21.CC1(CC2(C)c3ccccc3-c3ccccc32)c2ccccc2-c2ccccc21. The van der Waals surface area contributed by atoms with Gasteiger partial charge in [-0.2, -0.15) is 0 Å². The first kappa shape index (κ1) is 56.3. The Bertz CT molecular complexity index is 1930. The summed E-state index contributed by atoms with van der Waals surface area (Å²) in [6.45, 7) is 42.6. The third-order valence-corrected chi connectivity index (χ3v) is 11.8. The number of benzene rings is 6. The van der Waals surface area contributed by atoms with Crippen molar-refractivity contribution in [2.75, 3.05) is 0 Å². The molecule has 6 aromatic rings. The Morgan fingerprint density at radius 2 is 0.460 bits per heavy atom. The van der Waals surface area contributed by atoms with E-state index in [1.54, 1.807) is 0 Å². The molecule has 0 amide bonds. The molecule has 0 heteroatoms. The van der Waals surface area contributed by atoms with Crippen molar-refractivity contribution in [2.45, 2.75) is 168 Å². The van der Waals surface area contributed by atoms with E-state index >= 15 is 0 Å². The summed E-state index contributed by atoms with van der Waals surface area (Å²) in [5, 5.41) is 0. The van der Waals surface area contributed by atoms with E-state index in [2.05, 4.69) is 201 Å². The van der Waals surface area contributed by atoms with E-state index in [0.717, 1.165) is 18.3 Å². The molecule has 0 unspecified atom stereocenters. The van der Waals surface area contributed by atoms with Crippen LogP contribution in [0.5, 0.6) is 0 Å². The van der Waals surface area contributed by atoms with Crippen LogP contribution in [0, 0.1) is 11.8 Å². The van der Waals surface area contributed by atoms with Crippen molar-refractivity contribution in [1.29, 1.82) is 0 Å². The topological polar surface area (TPSA) is 0 Å². The predicted molar refractivity (Wildman–Crippen MR) is 288 cm³/mol. The highest BCUT2D eigenvalue weighted by molar-refractivity contribution is 5.84. The Kier molecular flexibility index (Phi) is 24.6. The van der Waals surface area contributed by atoms with Crippen molar-refractivity contribution >= 4 is 0 Å². The lowest BCUT2D eigenvalue weighted by Gasteiger charge is -2.38. The van der Waals surface area contributed by atoms with Gasteiger partial charge in [0.25, 0.3) is 0 Å². The number of hydrogen-bond donors (Lipinski definition) is 0. The van der Waals surface area contributed by atoms with Gasteiger partial charge in [-0.3, -0.25) is 0 Å². The van der Waals surface area contributed by atoms with Gasteiger partial charge in [0.2, 0.25) is 0 Å². The second-order valence-corrected chi connectivity index (χ2v) is 16.8. The largest absolute Gasteiger partial charge is 0.0683 e. The van der Waals surface area contributed by atoms with Crippen LogP contribution in [0.15, 0.2) is 146 Å². The van der Waals surface area contributed by atoms with E-state index in [-0.39, 0.29) is 16.2 Å². The van der Waals surface area contributed by atoms with Gasteiger partial charge in [-0.25, -0.2) is 0 Å². The summed E-state index contributed by atoms with van der Waals surface area (Å²) < 4.78 is 0. The van der Waals surface area contributed by atoms with Crippen molar-refractivity contribution in [3.63, 3.8) is 0 Å². The molecule has 0 saturated heterocycles. The zero-order valence-electron chi connectivity index (χ0n) is 43.9. The second-order valence-electron chi connectivity index (χ2n) is 16.8. The fraction of sp³-hybridized carbons (Fsp3) is 0.429. The van der Waals surface area contributed by atoms with Crippen LogP contribution in [-0.2, 0) is 16.2 Å². The highest BCUT2D eigenvalue weighted by Gasteiger charge is 2.48. The third kappa shape index (κ3) is 12.3. The van der Waals surface area contributed by atoms with E-state index in [1.165, 1.54) is 73.2 Å². The smallest absolute Gasteiger partial charge is 0.0198 e. The summed E-state index contributed by atoms with van der Waals surface area (Å²) >= 11 is 0. The molecule has 0 aliphatic heterocycles. The van der Waals surface area contributed by atoms with Crippen molar-refractivity contribution < 1.29 is 0 Å². The van der Waals surface area contributed by atoms with Crippen molar-refractivity contribution in [3.8, 4) is 33.4 Å². The monoisotopic (exact) mass is 847 g/mol. The molecule has 0 fully saturated rings. The first-order chi connectivity index (χ1) is 30.5. The zero-order chi connectivity index (χ0) is 48.0. The molecule has 63 heavy (non-hydrogen) atoms. The van der Waals surface area contributed by atoms with Gasteiger partial charge in [0, 0.05) is 16.2 Å². The maximum atomic E-state index is 2.45. The lowest BCUT2D eigenvalue weighted by Crippen LogP contribution is -2.33. The molecular formula is C63H90. The van der Waals surface area contributed by atoms with Crippen LogP contribution in [0.1, 0.15) is 185 Å². The number of hydrogen-bond acceptors (Lipinski definition) is 0. The standard InChI is InChI=1S/C29H24.C15H14.C7H16.6C2H6/c1-28(24-15-7-3-11-20(24)21-12-4-8-16-25(21)28)19-29(2)26-17-9-5-13-22(26)23-14-6-10-18-27(23)29;1-15(2)13-9-5-3-7-11(13)12-8-4-6-10-14(12)15;1-6(2)5-7(3)4;6*1-2/h3-18H,19H2,1-2H3;3-10H,1-2H3;6-7H,5H2,1-4H3;6*1-2H3. The lowest BCUT2D eigenvalue weighted by atomic mass is 9.64. The molecule has 0 heterocycles. The summed E-state index contributed by atoms with van der Waals surface area (Å²) in [6.07, 6.45) is 2.42. The Morgan fingerprint density at radius 1 is 0.286 bits per heavy atom. The van der Waals surface area contributed by atoms with Gasteiger partial charge in [0.1, 0.15) is 0 Å². The van der Waals surface area contributed by atoms with Crippen LogP contribution in [0.3, 0.4) is 0 Å². The first-order valence-corrected chi connectivity index (χ1v) is 25.0. The van der Waals surface area contributed by atoms with Crippen LogP contribution in [0.4, 0.5) is 0 Å². The molecule has 3 aliphatic rings. The van der Waals surface area contributed by atoms with E-state index in [9.17, 15) is 0 Å². The van der Waals surface area contributed by atoms with Crippen molar-refractivity contribution in [2.24, 2.45) is 11.8 Å². The summed E-state index contributed by atoms with van der Waals surface area (Å²) in [7, 11) is 0. The van der Waals surface area contributed by atoms with Crippen LogP contribution < -0.4 is 0 Å². The fourth-order valence-corrected chi connectivity index (χ4v) is 9.79. The van der Waals surface area contributed by atoms with Gasteiger partial charge in [0.15, 0.2) is 0 Å². The summed E-state index contributed by atoms with van der Waals surface area (Å²) in [6, 6.07) is 53.4. The predicted octanol–water partition coefficient (Wildman–Crippen LogP) is 20.2. The molecule has 0 saturated carbocycles. The molecule has 0 spiro atoms. The molecule has 0 atom stereocenters.